The van der Waals surface area contributed by atoms with Crippen molar-refractivity contribution in [1.82, 2.24) is 4.90 Å². The molecule has 15 heavy (non-hydrogen) atoms. The topological polar surface area (TPSA) is 57.6 Å². The molecule has 1 unspecified atom stereocenters. The van der Waals surface area contributed by atoms with E-state index in [9.17, 15) is 9.00 Å². The summed E-state index contributed by atoms with van der Waals surface area (Å²) in [5.41, 5.74) is -0.136. The molecule has 0 saturated heterocycles. The highest BCUT2D eigenvalue weighted by Crippen LogP contribution is 2.49. The smallest absolute Gasteiger partial charge is 0.303 e. The molecule has 1 atom stereocenters. The van der Waals surface area contributed by atoms with Crippen LogP contribution in [0.5, 0.6) is 0 Å². The third-order valence-corrected chi connectivity index (χ3v) is 4.29. The van der Waals surface area contributed by atoms with Crippen LogP contribution >= 0.6 is 0 Å². The molecular weight excluding hydrogens is 214 g/mol. The Kier molecular flexibility index (Phi) is 4.28. The van der Waals surface area contributed by atoms with Gasteiger partial charge in [0.05, 0.1) is 6.42 Å². The van der Waals surface area contributed by atoms with E-state index in [-0.39, 0.29) is 11.8 Å². The van der Waals surface area contributed by atoms with Crippen molar-refractivity contribution in [1.29, 1.82) is 0 Å². The Balaban J connectivity index is 2.28. The van der Waals surface area contributed by atoms with E-state index in [1.807, 2.05) is 19.0 Å². The van der Waals surface area contributed by atoms with Crippen LogP contribution < -0.4 is 0 Å². The highest BCUT2D eigenvalue weighted by atomic mass is 32.2. The lowest BCUT2D eigenvalue weighted by molar-refractivity contribution is -0.138. The largest absolute Gasteiger partial charge is 0.481 e. The van der Waals surface area contributed by atoms with Gasteiger partial charge in [0.2, 0.25) is 0 Å². The van der Waals surface area contributed by atoms with Gasteiger partial charge in [0.1, 0.15) is 0 Å². The standard InChI is InChI=1S/C10H19NO3S/c1-11(2)5-6-15(14)8-10(3-4-10)7-9(12)13/h3-8H2,1-2H3,(H,12,13). The third-order valence-electron chi connectivity index (χ3n) is 2.72. The Hall–Kier alpha value is -0.420. The first-order valence-electron chi connectivity index (χ1n) is 5.15. The SMILES string of the molecule is CN(C)CCS(=O)CC1(CC(=O)O)CC1. The molecule has 0 spiro atoms. The Bertz CT molecular complexity index is 261. The highest BCUT2D eigenvalue weighted by molar-refractivity contribution is 7.85. The summed E-state index contributed by atoms with van der Waals surface area (Å²) in [6, 6.07) is 0. The molecule has 0 aromatic carbocycles. The molecule has 1 fully saturated rings. The Labute approximate surface area is 93.1 Å². The molecule has 0 radical (unpaired) electrons. The second-order valence-corrected chi connectivity index (χ2v) is 6.24. The molecular formula is C10H19NO3S. The summed E-state index contributed by atoms with van der Waals surface area (Å²) in [5.74, 6) is 0.443. The van der Waals surface area contributed by atoms with E-state index in [0.717, 1.165) is 19.4 Å². The second-order valence-electron chi connectivity index (χ2n) is 4.66. The number of carbonyl (C=O) groups is 1. The van der Waals surface area contributed by atoms with Gasteiger partial charge in [0, 0.05) is 28.9 Å². The summed E-state index contributed by atoms with van der Waals surface area (Å²) in [4.78, 5) is 12.6. The molecule has 1 saturated carbocycles. The van der Waals surface area contributed by atoms with Crippen LogP contribution in [0.15, 0.2) is 0 Å². The summed E-state index contributed by atoms with van der Waals surface area (Å²) >= 11 is 0. The summed E-state index contributed by atoms with van der Waals surface area (Å²) in [7, 11) is 3.02. The molecule has 0 bridgehead atoms. The first-order valence-corrected chi connectivity index (χ1v) is 6.64. The normalized spacial score (nSPS) is 20.2. The first kappa shape index (κ1) is 12.6. The number of carboxylic acid groups (broad SMARTS) is 1. The molecule has 4 nitrogen and oxygen atoms in total. The van der Waals surface area contributed by atoms with Crippen LogP contribution in [0.1, 0.15) is 19.3 Å². The Morgan fingerprint density at radius 3 is 2.47 bits per heavy atom. The van der Waals surface area contributed by atoms with Gasteiger partial charge in [-0.1, -0.05) is 0 Å². The highest BCUT2D eigenvalue weighted by Gasteiger charge is 2.45. The van der Waals surface area contributed by atoms with Crippen molar-refractivity contribution in [3.63, 3.8) is 0 Å². The van der Waals surface area contributed by atoms with Crippen LogP contribution in [-0.4, -0.2) is 52.3 Å². The molecule has 0 aromatic heterocycles. The zero-order chi connectivity index (χ0) is 11.5. The number of carboxylic acids is 1. The average molecular weight is 233 g/mol. The maximum absolute atomic E-state index is 11.7. The maximum Gasteiger partial charge on any atom is 0.303 e. The molecule has 5 heteroatoms. The van der Waals surface area contributed by atoms with Crippen LogP contribution in [-0.2, 0) is 15.6 Å². The van der Waals surface area contributed by atoms with Crippen molar-refractivity contribution in [2.45, 2.75) is 19.3 Å². The van der Waals surface area contributed by atoms with E-state index in [0.29, 0.717) is 11.5 Å². The summed E-state index contributed by atoms with van der Waals surface area (Å²) in [6.45, 7) is 0.801. The number of hydrogen-bond donors (Lipinski definition) is 1. The van der Waals surface area contributed by atoms with Gasteiger partial charge >= 0.3 is 5.97 Å². The number of aliphatic carboxylic acids is 1. The third kappa shape index (κ3) is 4.75. The fourth-order valence-corrected chi connectivity index (χ4v) is 3.35. The molecule has 1 aliphatic rings. The van der Waals surface area contributed by atoms with E-state index >= 15 is 0 Å². The lowest BCUT2D eigenvalue weighted by Gasteiger charge is -2.13. The molecule has 0 aliphatic heterocycles. The molecule has 1 aliphatic carbocycles. The Morgan fingerprint density at radius 1 is 1.47 bits per heavy atom. The first-order chi connectivity index (χ1) is 6.93. The molecule has 1 N–H and O–H groups in total. The van der Waals surface area contributed by atoms with Gasteiger partial charge in [-0.05, 0) is 32.4 Å². The molecule has 0 amide bonds. The molecule has 1 rings (SSSR count). The minimum absolute atomic E-state index is 0.136. The zero-order valence-corrected chi connectivity index (χ0v) is 10.2. The van der Waals surface area contributed by atoms with Crippen LogP contribution in [0.2, 0.25) is 0 Å². The Morgan fingerprint density at radius 2 is 2.07 bits per heavy atom. The predicted molar refractivity (Wildman–Crippen MR) is 60.4 cm³/mol. The number of nitrogens with zero attached hydrogens (tertiary/aromatic N) is 1. The van der Waals surface area contributed by atoms with Crippen LogP contribution in [0.3, 0.4) is 0 Å². The van der Waals surface area contributed by atoms with Gasteiger partial charge in [-0.2, -0.15) is 0 Å². The van der Waals surface area contributed by atoms with Crippen molar-refractivity contribution in [2.24, 2.45) is 5.41 Å². The van der Waals surface area contributed by atoms with Gasteiger partial charge < -0.3 is 10.0 Å². The van der Waals surface area contributed by atoms with Crippen LogP contribution in [0.25, 0.3) is 0 Å². The van der Waals surface area contributed by atoms with Gasteiger partial charge in [0.25, 0.3) is 0 Å². The van der Waals surface area contributed by atoms with Crippen molar-refractivity contribution in [3.05, 3.63) is 0 Å². The van der Waals surface area contributed by atoms with Crippen molar-refractivity contribution in [2.75, 3.05) is 32.1 Å². The summed E-state index contributed by atoms with van der Waals surface area (Å²) < 4.78 is 11.7. The van der Waals surface area contributed by atoms with Gasteiger partial charge in [-0.15, -0.1) is 0 Å². The van der Waals surface area contributed by atoms with E-state index in [1.54, 1.807) is 0 Å². The lowest BCUT2D eigenvalue weighted by Crippen LogP contribution is -2.24. The van der Waals surface area contributed by atoms with E-state index in [2.05, 4.69) is 0 Å². The van der Waals surface area contributed by atoms with Crippen LogP contribution in [0.4, 0.5) is 0 Å². The quantitative estimate of drug-likeness (QED) is 0.698. The predicted octanol–water partition coefficient (Wildman–Crippen LogP) is 0.552. The zero-order valence-electron chi connectivity index (χ0n) is 9.36. The van der Waals surface area contributed by atoms with E-state index < -0.39 is 16.8 Å². The monoisotopic (exact) mass is 233 g/mol. The minimum atomic E-state index is -0.869. The van der Waals surface area contributed by atoms with Gasteiger partial charge in [0.15, 0.2) is 0 Å². The minimum Gasteiger partial charge on any atom is -0.481 e. The lowest BCUT2D eigenvalue weighted by atomic mass is 10.1. The molecule has 0 aromatic rings. The maximum atomic E-state index is 11.7. The number of rotatable bonds is 7. The fraction of sp³-hybridized carbons (Fsp3) is 0.900. The van der Waals surface area contributed by atoms with Crippen molar-refractivity contribution in [3.8, 4) is 0 Å². The van der Waals surface area contributed by atoms with Crippen molar-refractivity contribution >= 4 is 16.8 Å². The van der Waals surface area contributed by atoms with Gasteiger partial charge in [-0.25, -0.2) is 0 Å². The summed E-state index contributed by atoms with van der Waals surface area (Å²) in [6.07, 6.45) is 2.03. The average Bonchev–Trinajstić information content (AvgIpc) is 2.80. The van der Waals surface area contributed by atoms with E-state index in [4.69, 9.17) is 5.11 Å². The fourth-order valence-electron chi connectivity index (χ4n) is 1.57. The molecule has 0 heterocycles. The van der Waals surface area contributed by atoms with Crippen molar-refractivity contribution < 1.29 is 14.1 Å². The summed E-state index contributed by atoms with van der Waals surface area (Å²) in [5, 5.41) is 8.71. The van der Waals surface area contributed by atoms with Crippen LogP contribution in [0, 0.1) is 5.41 Å². The second kappa shape index (κ2) is 5.07. The molecule has 88 valence electrons. The van der Waals surface area contributed by atoms with E-state index in [1.165, 1.54) is 0 Å². The number of hydrogen-bond acceptors (Lipinski definition) is 3. The van der Waals surface area contributed by atoms with Gasteiger partial charge in [-0.3, -0.25) is 9.00 Å².